The Morgan fingerprint density at radius 3 is 3.00 bits per heavy atom. The van der Waals surface area contributed by atoms with Crippen molar-refractivity contribution in [3.63, 3.8) is 0 Å². The summed E-state index contributed by atoms with van der Waals surface area (Å²) < 4.78 is 5.76. The zero-order valence-corrected chi connectivity index (χ0v) is 18.5. The van der Waals surface area contributed by atoms with Gasteiger partial charge in [0.1, 0.15) is 0 Å². The van der Waals surface area contributed by atoms with E-state index in [2.05, 4.69) is 57.0 Å². The number of hydrogen-bond donors (Lipinski definition) is 2. The first kappa shape index (κ1) is 21.6. The molecule has 0 saturated carbocycles. The number of hydrogen-bond acceptors (Lipinski definition) is 5. The third kappa shape index (κ3) is 5.93. The number of piperidine rings is 1. The summed E-state index contributed by atoms with van der Waals surface area (Å²) in [6, 6.07) is 8.87. The van der Waals surface area contributed by atoms with Crippen molar-refractivity contribution in [2.24, 2.45) is 10.9 Å². The van der Waals surface area contributed by atoms with Crippen LogP contribution in [0.5, 0.6) is 5.88 Å². The van der Waals surface area contributed by atoms with Crippen LogP contribution in [0.4, 0.5) is 0 Å². The van der Waals surface area contributed by atoms with E-state index in [1.54, 1.807) is 6.20 Å². The fourth-order valence-electron chi connectivity index (χ4n) is 3.90. The zero-order valence-electron chi connectivity index (χ0n) is 17.7. The molecule has 2 unspecified atom stereocenters. The lowest BCUT2D eigenvalue weighted by Gasteiger charge is -2.39. The van der Waals surface area contributed by atoms with Crippen molar-refractivity contribution in [1.82, 2.24) is 20.5 Å². The molecule has 1 fully saturated rings. The first-order chi connectivity index (χ1) is 14.2. The molecule has 3 heterocycles. The van der Waals surface area contributed by atoms with Gasteiger partial charge in [0, 0.05) is 42.8 Å². The first-order valence-corrected chi connectivity index (χ1v) is 11.4. The number of likely N-dealkylation sites (tertiary alicyclic amines) is 1. The zero-order chi connectivity index (χ0) is 20.5. The Balaban J connectivity index is 1.56. The highest BCUT2D eigenvalue weighted by Gasteiger charge is 2.31. The highest BCUT2D eigenvalue weighted by Crippen LogP contribution is 2.36. The summed E-state index contributed by atoms with van der Waals surface area (Å²) in [4.78, 5) is 12.7. The van der Waals surface area contributed by atoms with Crippen molar-refractivity contribution < 1.29 is 4.74 Å². The van der Waals surface area contributed by atoms with Gasteiger partial charge in [0.05, 0.1) is 6.61 Å². The molecule has 0 spiro atoms. The summed E-state index contributed by atoms with van der Waals surface area (Å²) in [5, 5.41) is 9.13. The Kier molecular flexibility index (Phi) is 8.31. The summed E-state index contributed by atoms with van der Waals surface area (Å²) in [6.45, 7) is 5.47. The van der Waals surface area contributed by atoms with Gasteiger partial charge in [-0.05, 0) is 56.3 Å². The number of rotatable bonds is 8. The van der Waals surface area contributed by atoms with Crippen LogP contribution < -0.4 is 15.4 Å². The van der Waals surface area contributed by atoms with E-state index in [0.29, 0.717) is 31.0 Å². The van der Waals surface area contributed by atoms with Crippen molar-refractivity contribution >= 4 is 17.3 Å². The number of aliphatic imine (C=N–C) groups is 1. The molecule has 2 aromatic heterocycles. The third-order valence-corrected chi connectivity index (χ3v) is 6.28. The molecule has 6 nitrogen and oxygen atoms in total. The van der Waals surface area contributed by atoms with E-state index in [-0.39, 0.29) is 0 Å². The number of ether oxygens (including phenoxy) is 1. The van der Waals surface area contributed by atoms with Gasteiger partial charge >= 0.3 is 0 Å². The van der Waals surface area contributed by atoms with Crippen molar-refractivity contribution in [3.8, 4) is 5.88 Å². The van der Waals surface area contributed by atoms with E-state index in [0.717, 1.165) is 31.0 Å². The van der Waals surface area contributed by atoms with Gasteiger partial charge in [-0.15, -0.1) is 11.3 Å². The van der Waals surface area contributed by atoms with Crippen LogP contribution in [-0.4, -0.2) is 49.6 Å². The van der Waals surface area contributed by atoms with Gasteiger partial charge in [-0.3, -0.25) is 9.89 Å². The van der Waals surface area contributed by atoms with Crippen LogP contribution in [0.3, 0.4) is 0 Å². The smallest absolute Gasteiger partial charge is 0.218 e. The van der Waals surface area contributed by atoms with Crippen molar-refractivity contribution in [2.75, 3.05) is 33.8 Å². The van der Waals surface area contributed by atoms with Gasteiger partial charge in [0.2, 0.25) is 5.88 Å². The Labute approximate surface area is 178 Å². The average molecular weight is 416 g/mol. The molecule has 1 aliphatic heterocycles. The minimum absolute atomic E-state index is 0.474. The number of nitrogens with zero attached hydrogens (tertiary/aromatic N) is 3. The van der Waals surface area contributed by atoms with E-state index in [4.69, 9.17) is 4.74 Å². The molecule has 7 heteroatoms. The maximum Gasteiger partial charge on any atom is 0.218 e. The number of guanidine groups is 1. The summed E-state index contributed by atoms with van der Waals surface area (Å²) >= 11 is 1.86. The van der Waals surface area contributed by atoms with Crippen LogP contribution in [-0.2, 0) is 6.54 Å². The molecule has 0 radical (unpaired) electrons. The molecule has 2 aromatic rings. The second-order valence-electron chi connectivity index (χ2n) is 7.47. The van der Waals surface area contributed by atoms with Gasteiger partial charge in [0.15, 0.2) is 5.96 Å². The van der Waals surface area contributed by atoms with E-state index in [1.165, 1.54) is 17.7 Å². The standard InChI is InChI=1S/C22H33N5OS/c1-4-13-28-21-18(8-5-11-24-21)16-26-22(23-2)25-15-17-9-6-12-27(3)20(17)19-10-7-14-29-19/h5,7-8,10-11,14,17,20H,4,6,9,12-13,15-16H2,1-3H3,(H2,23,25,26). The topological polar surface area (TPSA) is 61.8 Å². The Morgan fingerprint density at radius 2 is 2.24 bits per heavy atom. The molecule has 2 atom stereocenters. The molecule has 1 aliphatic rings. The van der Waals surface area contributed by atoms with Crippen molar-refractivity contribution in [3.05, 3.63) is 46.3 Å². The molecule has 158 valence electrons. The average Bonchev–Trinajstić information content (AvgIpc) is 3.27. The third-order valence-electron chi connectivity index (χ3n) is 5.34. The predicted molar refractivity (Wildman–Crippen MR) is 121 cm³/mol. The summed E-state index contributed by atoms with van der Waals surface area (Å²) in [5.74, 6) is 2.07. The minimum atomic E-state index is 0.474. The quantitative estimate of drug-likeness (QED) is 0.509. The molecule has 0 aromatic carbocycles. The number of aromatic nitrogens is 1. The minimum Gasteiger partial charge on any atom is -0.477 e. The van der Waals surface area contributed by atoms with E-state index in [9.17, 15) is 0 Å². The molecular formula is C22H33N5OS. The largest absolute Gasteiger partial charge is 0.477 e. The van der Waals surface area contributed by atoms with Crippen LogP contribution in [0.15, 0.2) is 40.8 Å². The fourth-order valence-corrected chi connectivity index (χ4v) is 4.88. The van der Waals surface area contributed by atoms with Gasteiger partial charge in [-0.1, -0.05) is 19.1 Å². The lowest BCUT2D eigenvalue weighted by Crippen LogP contribution is -2.44. The van der Waals surface area contributed by atoms with Crippen molar-refractivity contribution in [2.45, 2.75) is 38.8 Å². The lowest BCUT2D eigenvalue weighted by atomic mass is 9.88. The van der Waals surface area contributed by atoms with Crippen LogP contribution in [0.2, 0.25) is 0 Å². The van der Waals surface area contributed by atoms with Crippen LogP contribution in [0.25, 0.3) is 0 Å². The van der Waals surface area contributed by atoms with E-state index in [1.807, 2.05) is 30.5 Å². The Bertz CT molecular complexity index is 764. The van der Waals surface area contributed by atoms with Gasteiger partial charge in [-0.2, -0.15) is 0 Å². The summed E-state index contributed by atoms with van der Waals surface area (Å²) in [6.07, 6.45) is 5.21. The molecule has 0 bridgehead atoms. The lowest BCUT2D eigenvalue weighted by molar-refractivity contribution is 0.125. The maximum absolute atomic E-state index is 5.76. The van der Waals surface area contributed by atoms with Crippen molar-refractivity contribution in [1.29, 1.82) is 0 Å². The normalized spacial score (nSPS) is 20.4. The fraction of sp³-hybridized carbons (Fsp3) is 0.545. The summed E-state index contributed by atoms with van der Waals surface area (Å²) in [7, 11) is 4.06. The van der Waals surface area contributed by atoms with E-state index >= 15 is 0 Å². The van der Waals surface area contributed by atoms with Crippen LogP contribution in [0.1, 0.15) is 42.7 Å². The predicted octanol–water partition coefficient (Wildman–Crippen LogP) is 3.68. The molecule has 29 heavy (non-hydrogen) atoms. The highest BCUT2D eigenvalue weighted by molar-refractivity contribution is 7.10. The first-order valence-electron chi connectivity index (χ1n) is 10.5. The molecule has 3 rings (SSSR count). The van der Waals surface area contributed by atoms with Gasteiger partial charge in [0.25, 0.3) is 0 Å². The second kappa shape index (κ2) is 11.2. The number of thiophene rings is 1. The monoisotopic (exact) mass is 415 g/mol. The Hall–Kier alpha value is -2.12. The maximum atomic E-state index is 5.76. The van der Waals surface area contributed by atoms with Crippen LogP contribution in [0, 0.1) is 5.92 Å². The molecular weight excluding hydrogens is 382 g/mol. The summed E-state index contributed by atoms with van der Waals surface area (Å²) in [5.41, 5.74) is 1.04. The SMILES string of the molecule is CCCOc1ncccc1CNC(=NC)NCC1CCCN(C)C1c1cccs1. The number of nitrogens with one attached hydrogen (secondary N) is 2. The molecule has 2 N–H and O–H groups in total. The Morgan fingerprint density at radius 1 is 1.34 bits per heavy atom. The van der Waals surface area contributed by atoms with E-state index < -0.39 is 0 Å². The van der Waals surface area contributed by atoms with Gasteiger partial charge < -0.3 is 15.4 Å². The second-order valence-corrected chi connectivity index (χ2v) is 8.45. The van der Waals surface area contributed by atoms with Gasteiger partial charge in [-0.25, -0.2) is 4.98 Å². The molecule has 0 aliphatic carbocycles. The molecule has 1 saturated heterocycles. The number of pyridine rings is 1. The van der Waals surface area contributed by atoms with Crippen LogP contribution >= 0.6 is 11.3 Å². The molecule has 0 amide bonds. The highest BCUT2D eigenvalue weighted by atomic mass is 32.1.